The van der Waals surface area contributed by atoms with Crippen molar-refractivity contribution < 1.29 is 28.7 Å². The molecular formula is C26H20ClN3O6. The summed E-state index contributed by atoms with van der Waals surface area (Å²) < 4.78 is 4.87. The Morgan fingerprint density at radius 2 is 1.39 bits per heavy atom. The molecule has 4 rings (SSSR count). The number of fused-ring (bicyclic) bond motifs is 1. The number of aryl methyl sites for hydroxylation is 1. The molecular weight excluding hydrogens is 486 g/mol. The van der Waals surface area contributed by atoms with E-state index in [-0.39, 0.29) is 45.4 Å². The first-order valence-corrected chi connectivity index (χ1v) is 11.3. The van der Waals surface area contributed by atoms with Gasteiger partial charge in [0.05, 0.1) is 29.1 Å². The molecule has 3 aromatic rings. The number of rotatable bonds is 6. The summed E-state index contributed by atoms with van der Waals surface area (Å²) in [5.74, 6) is -4.03. The van der Waals surface area contributed by atoms with Gasteiger partial charge in [-0.15, -0.1) is 0 Å². The maximum Gasteiger partial charge on any atom is 0.326 e. The number of hydrogen-bond acceptors (Lipinski definition) is 7. The molecule has 0 aliphatic carbocycles. The van der Waals surface area contributed by atoms with Crippen molar-refractivity contribution in [3.8, 4) is 0 Å². The van der Waals surface area contributed by atoms with E-state index in [4.69, 9.17) is 16.3 Å². The minimum atomic E-state index is -0.892. The summed E-state index contributed by atoms with van der Waals surface area (Å²) in [5, 5.41) is -0.282. The van der Waals surface area contributed by atoms with Crippen LogP contribution in [0.25, 0.3) is 0 Å². The predicted octanol–water partition coefficient (Wildman–Crippen LogP) is 3.69. The van der Waals surface area contributed by atoms with Crippen LogP contribution in [0.3, 0.4) is 0 Å². The fraction of sp³-hybridized carbons (Fsp3) is 0.154. The van der Waals surface area contributed by atoms with E-state index in [2.05, 4.69) is 4.98 Å². The van der Waals surface area contributed by atoms with Crippen LogP contribution in [0.1, 0.15) is 54.0 Å². The van der Waals surface area contributed by atoms with Gasteiger partial charge >= 0.3 is 5.97 Å². The number of aromatic nitrogens is 1. The normalized spacial score (nSPS) is 12.4. The van der Waals surface area contributed by atoms with Crippen molar-refractivity contribution in [2.24, 2.45) is 0 Å². The molecule has 0 N–H and O–H groups in total. The van der Waals surface area contributed by atoms with Crippen molar-refractivity contribution in [1.82, 2.24) is 9.88 Å². The minimum Gasteiger partial charge on any atom is -0.465 e. The second-order valence-corrected chi connectivity index (χ2v) is 8.12. The molecule has 0 bridgehead atoms. The lowest BCUT2D eigenvalue weighted by molar-refractivity contribution is -0.143. The SMILES string of the molecule is CCOC(=O)CN1C(=O)c2c(Cl)nc(C)c(N(C(=O)c3ccccc3)C(=O)c3ccccc3)c2C1=O. The van der Waals surface area contributed by atoms with E-state index in [1.54, 1.807) is 43.3 Å². The fourth-order valence-corrected chi connectivity index (χ4v) is 4.19. The zero-order valence-corrected chi connectivity index (χ0v) is 20.1. The first-order chi connectivity index (χ1) is 17.3. The van der Waals surface area contributed by atoms with Crippen LogP contribution in [-0.4, -0.2) is 52.6 Å². The summed E-state index contributed by atoms with van der Waals surface area (Å²) in [4.78, 5) is 71.7. The van der Waals surface area contributed by atoms with Gasteiger partial charge in [-0.1, -0.05) is 48.0 Å². The molecule has 1 aromatic heterocycles. The van der Waals surface area contributed by atoms with E-state index in [1.807, 2.05) is 0 Å². The van der Waals surface area contributed by atoms with Crippen LogP contribution < -0.4 is 4.90 Å². The Morgan fingerprint density at radius 3 is 1.89 bits per heavy atom. The highest BCUT2D eigenvalue weighted by Crippen LogP contribution is 2.38. The highest BCUT2D eigenvalue weighted by atomic mass is 35.5. The topological polar surface area (TPSA) is 114 Å². The van der Waals surface area contributed by atoms with Gasteiger partial charge in [-0.3, -0.25) is 28.9 Å². The summed E-state index contributed by atoms with van der Waals surface area (Å²) in [7, 11) is 0. The first kappa shape index (κ1) is 24.7. The van der Waals surface area contributed by atoms with Gasteiger partial charge < -0.3 is 4.74 Å². The summed E-state index contributed by atoms with van der Waals surface area (Å²) in [6.07, 6.45) is 0. The van der Waals surface area contributed by atoms with Crippen LogP contribution in [0.2, 0.25) is 5.15 Å². The maximum absolute atomic E-state index is 13.7. The number of halogens is 1. The molecule has 0 spiro atoms. The Bertz CT molecular complexity index is 1340. The van der Waals surface area contributed by atoms with Crippen molar-refractivity contribution in [1.29, 1.82) is 0 Å². The number of carbonyl (C=O) groups is 5. The molecule has 2 aromatic carbocycles. The van der Waals surface area contributed by atoms with Crippen LogP contribution in [0.5, 0.6) is 0 Å². The average Bonchev–Trinajstić information content (AvgIpc) is 3.12. The summed E-state index contributed by atoms with van der Waals surface area (Å²) in [6.45, 7) is 2.45. The number of imide groups is 2. The molecule has 36 heavy (non-hydrogen) atoms. The molecule has 0 fully saturated rings. The van der Waals surface area contributed by atoms with E-state index in [1.165, 1.54) is 31.2 Å². The Kier molecular flexibility index (Phi) is 6.93. The lowest BCUT2D eigenvalue weighted by Gasteiger charge is -2.24. The maximum atomic E-state index is 13.7. The second-order valence-electron chi connectivity index (χ2n) is 7.77. The monoisotopic (exact) mass is 505 g/mol. The number of benzene rings is 2. The minimum absolute atomic E-state index is 0.0552. The molecule has 0 saturated heterocycles. The zero-order chi connectivity index (χ0) is 26.0. The third kappa shape index (κ3) is 4.36. The van der Waals surface area contributed by atoms with Crippen LogP contribution in [0, 0.1) is 6.92 Å². The molecule has 0 unspecified atom stereocenters. The largest absolute Gasteiger partial charge is 0.465 e. The Morgan fingerprint density at radius 1 is 0.889 bits per heavy atom. The van der Waals surface area contributed by atoms with Crippen molar-refractivity contribution in [3.05, 3.63) is 93.8 Å². The standard InChI is InChI=1S/C26H20ClN3O6/c1-3-36-18(31)14-29-25(34)19-20(26(29)35)22(27)28-15(2)21(19)30(23(32)16-10-6-4-7-11-16)24(33)17-12-8-5-9-13-17/h4-13H,3,14H2,1-2H3. The van der Waals surface area contributed by atoms with Crippen LogP contribution in [0.15, 0.2) is 60.7 Å². The van der Waals surface area contributed by atoms with Gasteiger partial charge in [-0.25, -0.2) is 9.88 Å². The number of esters is 1. The summed E-state index contributed by atoms with van der Waals surface area (Å²) in [5.41, 5.74) is -0.336. The third-order valence-corrected chi connectivity index (χ3v) is 5.76. The smallest absolute Gasteiger partial charge is 0.326 e. The van der Waals surface area contributed by atoms with Crippen LogP contribution in [-0.2, 0) is 9.53 Å². The third-order valence-electron chi connectivity index (χ3n) is 5.48. The summed E-state index contributed by atoms with van der Waals surface area (Å²) in [6, 6.07) is 16.0. The van der Waals surface area contributed by atoms with E-state index < -0.39 is 36.1 Å². The lowest BCUT2D eigenvalue weighted by atomic mass is 10.0. The number of hydrogen-bond donors (Lipinski definition) is 0. The van der Waals surface area contributed by atoms with E-state index >= 15 is 0 Å². The van der Waals surface area contributed by atoms with Gasteiger partial charge in [0.2, 0.25) is 0 Å². The molecule has 4 amide bonds. The number of nitrogens with zero attached hydrogens (tertiary/aromatic N) is 3. The van der Waals surface area contributed by atoms with Crippen molar-refractivity contribution in [2.75, 3.05) is 18.1 Å². The Labute approximate surface area is 211 Å². The number of amides is 4. The molecule has 2 heterocycles. The van der Waals surface area contributed by atoms with Crippen molar-refractivity contribution in [3.63, 3.8) is 0 Å². The van der Waals surface area contributed by atoms with Crippen molar-refractivity contribution in [2.45, 2.75) is 13.8 Å². The average molecular weight is 506 g/mol. The van der Waals surface area contributed by atoms with Gasteiger partial charge in [0, 0.05) is 11.1 Å². The van der Waals surface area contributed by atoms with Gasteiger partial charge in [0.25, 0.3) is 23.6 Å². The molecule has 0 atom stereocenters. The number of carbonyl (C=O) groups excluding carboxylic acids is 5. The lowest BCUT2D eigenvalue weighted by Crippen LogP contribution is -2.39. The van der Waals surface area contributed by atoms with Gasteiger partial charge in [-0.05, 0) is 38.1 Å². The molecule has 10 heteroatoms. The fourth-order valence-electron chi connectivity index (χ4n) is 3.89. The zero-order valence-electron chi connectivity index (χ0n) is 19.4. The number of ether oxygens (including phenoxy) is 1. The molecule has 1 aliphatic heterocycles. The van der Waals surface area contributed by atoms with Gasteiger partial charge in [-0.2, -0.15) is 0 Å². The Balaban J connectivity index is 1.92. The molecule has 0 saturated carbocycles. The highest BCUT2D eigenvalue weighted by Gasteiger charge is 2.45. The van der Waals surface area contributed by atoms with Gasteiger partial charge in [0.1, 0.15) is 11.7 Å². The number of pyridine rings is 1. The quantitative estimate of drug-likeness (QED) is 0.285. The number of anilines is 1. The van der Waals surface area contributed by atoms with E-state index in [9.17, 15) is 24.0 Å². The van der Waals surface area contributed by atoms with E-state index in [0.29, 0.717) is 4.90 Å². The van der Waals surface area contributed by atoms with Crippen molar-refractivity contribution >= 4 is 46.9 Å². The predicted molar refractivity (Wildman–Crippen MR) is 130 cm³/mol. The molecule has 0 radical (unpaired) electrons. The molecule has 1 aliphatic rings. The molecule has 9 nitrogen and oxygen atoms in total. The summed E-state index contributed by atoms with van der Waals surface area (Å²) >= 11 is 6.25. The first-order valence-electron chi connectivity index (χ1n) is 11.0. The second kappa shape index (κ2) is 10.1. The van der Waals surface area contributed by atoms with E-state index in [0.717, 1.165) is 4.90 Å². The van der Waals surface area contributed by atoms with Crippen LogP contribution >= 0.6 is 11.6 Å². The van der Waals surface area contributed by atoms with Gasteiger partial charge in [0.15, 0.2) is 0 Å². The Hall–Kier alpha value is -4.37. The highest BCUT2D eigenvalue weighted by molar-refractivity contribution is 6.38. The van der Waals surface area contributed by atoms with Crippen LogP contribution in [0.4, 0.5) is 5.69 Å². The molecule has 182 valence electrons.